The van der Waals surface area contributed by atoms with Crippen molar-refractivity contribution >= 4 is 23.0 Å². The standard InChI is InChI=1S/C19H13F4N3O/c20-13-2-1-3-15(10-13)26-18(27)17-9-8-16(11-24-17)25-14-6-4-12(5-7-14)19(21,22)23/h1-11,25H,(H,26,27). The van der Waals surface area contributed by atoms with E-state index in [2.05, 4.69) is 15.6 Å². The van der Waals surface area contributed by atoms with Gasteiger partial charge in [0.2, 0.25) is 0 Å². The van der Waals surface area contributed by atoms with Crippen LogP contribution in [0.15, 0.2) is 66.9 Å². The SMILES string of the molecule is O=C(Nc1cccc(F)c1)c1ccc(Nc2ccc(C(F)(F)F)cc2)cn1. The molecule has 0 atom stereocenters. The fourth-order valence-electron chi connectivity index (χ4n) is 2.27. The van der Waals surface area contributed by atoms with Gasteiger partial charge in [0, 0.05) is 11.4 Å². The second-order valence-electron chi connectivity index (χ2n) is 5.60. The van der Waals surface area contributed by atoms with E-state index in [1.807, 2.05) is 0 Å². The number of aromatic nitrogens is 1. The number of alkyl halides is 3. The minimum Gasteiger partial charge on any atom is -0.354 e. The van der Waals surface area contributed by atoms with Crippen LogP contribution in [0.1, 0.15) is 16.1 Å². The Labute approximate surface area is 151 Å². The van der Waals surface area contributed by atoms with Crippen LogP contribution < -0.4 is 10.6 Å². The van der Waals surface area contributed by atoms with Crippen LogP contribution in [0, 0.1) is 5.82 Å². The summed E-state index contributed by atoms with van der Waals surface area (Å²) in [5.74, 6) is -0.987. The zero-order valence-corrected chi connectivity index (χ0v) is 13.7. The maximum atomic E-state index is 13.1. The van der Waals surface area contributed by atoms with E-state index in [9.17, 15) is 22.4 Å². The molecule has 1 heterocycles. The molecule has 1 amide bonds. The molecule has 0 spiro atoms. The maximum absolute atomic E-state index is 13.1. The van der Waals surface area contributed by atoms with Crippen molar-refractivity contribution < 1.29 is 22.4 Å². The number of nitrogens with one attached hydrogen (secondary N) is 2. The molecule has 2 N–H and O–H groups in total. The van der Waals surface area contributed by atoms with Gasteiger partial charge in [0.25, 0.3) is 5.91 Å². The molecular formula is C19H13F4N3O. The minimum atomic E-state index is -4.39. The third kappa shape index (κ3) is 4.81. The predicted molar refractivity (Wildman–Crippen MR) is 93.3 cm³/mol. The molecule has 0 fully saturated rings. The van der Waals surface area contributed by atoms with Crippen molar-refractivity contribution in [2.75, 3.05) is 10.6 Å². The van der Waals surface area contributed by atoms with Crippen molar-refractivity contribution in [3.63, 3.8) is 0 Å². The number of rotatable bonds is 4. The van der Waals surface area contributed by atoms with Crippen LogP contribution in [0.2, 0.25) is 0 Å². The number of benzene rings is 2. The Morgan fingerprint density at radius 2 is 1.59 bits per heavy atom. The van der Waals surface area contributed by atoms with Crippen LogP contribution in [-0.2, 0) is 6.18 Å². The first-order valence-corrected chi connectivity index (χ1v) is 7.78. The van der Waals surface area contributed by atoms with E-state index in [4.69, 9.17) is 0 Å². The van der Waals surface area contributed by atoms with E-state index in [0.717, 1.165) is 12.1 Å². The van der Waals surface area contributed by atoms with Crippen molar-refractivity contribution in [2.24, 2.45) is 0 Å². The molecule has 0 aliphatic heterocycles. The Bertz CT molecular complexity index is 938. The lowest BCUT2D eigenvalue weighted by atomic mass is 10.2. The first-order chi connectivity index (χ1) is 12.8. The maximum Gasteiger partial charge on any atom is 0.416 e. The number of hydrogen-bond acceptors (Lipinski definition) is 3. The summed E-state index contributed by atoms with van der Waals surface area (Å²) in [5, 5.41) is 5.41. The van der Waals surface area contributed by atoms with Gasteiger partial charge in [-0.3, -0.25) is 4.79 Å². The van der Waals surface area contributed by atoms with Gasteiger partial charge in [-0.2, -0.15) is 13.2 Å². The van der Waals surface area contributed by atoms with Gasteiger partial charge < -0.3 is 10.6 Å². The number of pyridine rings is 1. The number of hydrogen-bond donors (Lipinski definition) is 2. The average molecular weight is 375 g/mol. The molecule has 0 aliphatic carbocycles. The van der Waals surface area contributed by atoms with Gasteiger partial charge in [-0.1, -0.05) is 6.07 Å². The quantitative estimate of drug-likeness (QED) is 0.614. The summed E-state index contributed by atoms with van der Waals surface area (Å²) >= 11 is 0. The normalized spacial score (nSPS) is 11.1. The van der Waals surface area contributed by atoms with E-state index >= 15 is 0 Å². The van der Waals surface area contributed by atoms with Crippen LogP contribution in [0.5, 0.6) is 0 Å². The molecule has 3 aromatic rings. The van der Waals surface area contributed by atoms with Crippen LogP contribution in [0.4, 0.5) is 34.6 Å². The molecule has 0 aliphatic rings. The molecule has 3 rings (SSSR count). The van der Waals surface area contributed by atoms with Gasteiger partial charge >= 0.3 is 6.18 Å². The van der Waals surface area contributed by atoms with Gasteiger partial charge in [-0.25, -0.2) is 9.37 Å². The molecule has 0 unspecified atom stereocenters. The van der Waals surface area contributed by atoms with Crippen LogP contribution >= 0.6 is 0 Å². The third-order valence-corrected chi connectivity index (χ3v) is 3.58. The monoisotopic (exact) mass is 375 g/mol. The molecule has 0 radical (unpaired) electrons. The summed E-state index contributed by atoms with van der Waals surface area (Å²) < 4.78 is 50.8. The van der Waals surface area contributed by atoms with E-state index < -0.39 is 23.5 Å². The average Bonchev–Trinajstić information content (AvgIpc) is 2.62. The van der Waals surface area contributed by atoms with Crippen molar-refractivity contribution in [1.29, 1.82) is 0 Å². The van der Waals surface area contributed by atoms with E-state index in [1.165, 1.54) is 42.6 Å². The summed E-state index contributed by atoms with van der Waals surface area (Å²) in [6.07, 6.45) is -3.02. The molecular weight excluding hydrogens is 362 g/mol. The van der Waals surface area contributed by atoms with Gasteiger partial charge in [-0.15, -0.1) is 0 Å². The summed E-state index contributed by atoms with van der Waals surface area (Å²) in [7, 11) is 0. The molecule has 0 bridgehead atoms. The molecule has 0 saturated carbocycles. The van der Waals surface area contributed by atoms with Crippen LogP contribution in [0.25, 0.3) is 0 Å². The van der Waals surface area contributed by atoms with Gasteiger partial charge in [0.15, 0.2) is 0 Å². The lowest BCUT2D eigenvalue weighted by Gasteiger charge is -2.10. The minimum absolute atomic E-state index is 0.109. The molecule has 27 heavy (non-hydrogen) atoms. The Morgan fingerprint density at radius 3 is 2.19 bits per heavy atom. The zero-order valence-electron chi connectivity index (χ0n) is 13.7. The van der Waals surface area contributed by atoms with Gasteiger partial charge in [-0.05, 0) is 54.6 Å². The second kappa shape index (κ2) is 7.45. The van der Waals surface area contributed by atoms with Crippen molar-refractivity contribution in [2.45, 2.75) is 6.18 Å². The molecule has 8 heteroatoms. The molecule has 4 nitrogen and oxygen atoms in total. The van der Waals surface area contributed by atoms with Crippen LogP contribution in [-0.4, -0.2) is 10.9 Å². The largest absolute Gasteiger partial charge is 0.416 e. The molecule has 1 aromatic heterocycles. The number of carbonyl (C=O) groups is 1. The van der Waals surface area contributed by atoms with E-state index in [1.54, 1.807) is 12.1 Å². The van der Waals surface area contributed by atoms with Crippen molar-refractivity contribution in [1.82, 2.24) is 4.98 Å². The van der Waals surface area contributed by atoms with Crippen molar-refractivity contribution in [3.05, 3.63) is 83.9 Å². The highest BCUT2D eigenvalue weighted by Crippen LogP contribution is 2.30. The van der Waals surface area contributed by atoms with Gasteiger partial charge in [0.05, 0.1) is 17.4 Å². The molecule has 0 saturated heterocycles. The highest BCUT2D eigenvalue weighted by molar-refractivity contribution is 6.02. The summed E-state index contributed by atoms with van der Waals surface area (Å²) in [5.41, 5.74) is 0.611. The lowest BCUT2D eigenvalue weighted by molar-refractivity contribution is -0.137. The summed E-state index contributed by atoms with van der Waals surface area (Å²) in [6, 6.07) is 13.0. The fraction of sp³-hybridized carbons (Fsp3) is 0.0526. The smallest absolute Gasteiger partial charge is 0.354 e. The Balaban J connectivity index is 1.65. The lowest BCUT2D eigenvalue weighted by Crippen LogP contribution is -2.13. The zero-order chi connectivity index (χ0) is 19.4. The summed E-state index contributed by atoms with van der Waals surface area (Å²) in [4.78, 5) is 16.1. The third-order valence-electron chi connectivity index (χ3n) is 3.58. The number of halogens is 4. The topological polar surface area (TPSA) is 54.0 Å². The molecule has 2 aromatic carbocycles. The predicted octanol–water partition coefficient (Wildman–Crippen LogP) is 5.24. The van der Waals surface area contributed by atoms with Crippen molar-refractivity contribution in [3.8, 4) is 0 Å². The first-order valence-electron chi connectivity index (χ1n) is 7.78. The summed E-state index contributed by atoms with van der Waals surface area (Å²) in [6.45, 7) is 0. The van der Waals surface area contributed by atoms with Crippen LogP contribution in [0.3, 0.4) is 0 Å². The Kier molecular flexibility index (Phi) is 5.07. The van der Waals surface area contributed by atoms with E-state index in [-0.39, 0.29) is 5.69 Å². The second-order valence-corrected chi connectivity index (χ2v) is 5.60. The number of carbonyl (C=O) groups excluding carboxylic acids is 1. The highest BCUT2D eigenvalue weighted by atomic mass is 19.4. The number of nitrogens with zero attached hydrogens (tertiary/aromatic N) is 1. The van der Waals surface area contributed by atoms with Gasteiger partial charge in [0.1, 0.15) is 11.5 Å². The first kappa shape index (κ1) is 18.4. The van der Waals surface area contributed by atoms with E-state index in [0.29, 0.717) is 17.1 Å². The Hall–Kier alpha value is -3.42. The number of amides is 1. The highest BCUT2D eigenvalue weighted by Gasteiger charge is 2.29. The molecule has 138 valence electrons. The Morgan fingerprint density at radius 1 is 0.889 bits per heavy atom. The fourth-order valence-corrected chi connectivity index (χ4v) is 2.27. The number of anilines is 3.